The Balaban J connectivity index is 2.10. The average molecular weight is 248 g/mol. The minimum absolute atomic E-state index is 0.326. The fraction of sp³-hybridized carbons (Fsp3) is 0.357. The van der Waals surface area contributed by atoms with E-state index in [4.69, 9.17) is 0 Å². The summed E-state index contributed by atoms with van der Waals surface area (Å²) >= 11 is 0. The van der Waals surface area contributed by atoms with E-state index in [1.54, 1.807) is 29.9 Å². The highest BCUT2D eigenvalue weighted by Crippen LogP contribution is 2.26. The van der Waals surface area contributed by atoms with Gasteiger partial charge in [0.15, 0.2) is 0 Å². The van der Waals surface area contributed by atoms with Crippen LogP contribution in [0.25, 0.3) is 0 Å². The van der Waals surface area contributed by atoms with E-state index >= 15 is 0 Å². The molecule has 1 N–H and O–H groups in total. The topological polar surface area (TPSA) is 38.0 Å². The summed E-state index contributed by atoms with van der Waals surface area (Å²) in [4.78, 5) is 0. The van der Waals surface area contributed by atoms with Gasteiger partial charge in [-0.2, -0.15) is 5.10 Å². The molecule has 3 nitrogen and oxygen atoms in total. The first-order valence-corrected chi connectivity index (χ1v) is 5.94. The fourth-order valence-electron chi connectivity index (χ4n) is 1.99. The van der Waals surface area contributed by atoms with Crippen molar-refractivity contribution in [3.63, 3.8) is 0 Å². The van der Waals surface area contributed by atoms with Crippen molar-refractivity contribution in [2.24, 2.45) is 7.05 Å². The Morgan fingerprint density at radius 1 is 1.39 bits per heavy atom. The molecular formula is C14H17FN2O. The zero-order chi connectivity index (χ0) is 13.2. The van der Waals surface area contributed by atoms with Gasteiger partial charge < -0.3 is 5.11 Å². The number of halogens is 1. The van der Waals surface area contributed by atoms with Crippen LogP contribution in [-0.2, 0) is 19.1 Å². The van der Waals surface area contributed by atoms with Gasteiger partial charge in [0.05, 0.1) is 5.60 Å². The first-order valence-electron chi connectivity index (χ1n) is 5.94. The van der Waals surface area contributed by atoms with Gasteiger partial charge in [-0.05, 0) is 43.5 Å². The lowest BCUT2D eigenvalue weighted by atomic mass is 9.90. The predicted molar refractivity (Wildman–Crippen MR) is 67.5 cm³/mol. The smallest absolute Gasteiger partial charge is 0.123 e. The number of aliphatic hydroxyl groups is 1. The van der Waals surface area contributed by atoms with Crippen LogP contribution < -0.4 is 0 Å². The summed E-state index contributed by atoms with van der Waals surface area (Å²) in [7, 11) is 1.87. The van der Waals surface area contributed by atoms with E-state index < -0.39 is 5.60 Å². The molecule has 0 fully saturated rings. The number of aryl methyl sites for hydroxylation is 2. The summed E-state index contributed by atoms with van der Waals surface area (Å²) in [5.74, 6) is -0.326. The van der Waals surface area contributed by atoms with Crippen LogP contribution in [0.5, 0.6) is 0 Å². The molecule has 1 aromatic heterocycles. The van der Waals surface area contributed by atoms with E-state index in [2.05, 4.69) is 5.10 Å². The molecule has 0 bridgehead atoms. The second-order valence-corrected chi connectivity index (χ2v) is 4.73. The van der Waals surface area contributed by atoms with Crippen LogP contribution in [0.4, 0.5) is 4.39 Å². The van der Waals surface area contributed by atoms with Gasteiger partial charge in [-0.15, -0.1) is 0 Å². The molecule has 0 saturated heterocycles. The highest BCUT2D eigenvalue weighted by Gasteiger charge is 2.23. The van der Waals surface area contributed by atoms with Crippen LogP contribution in [0.2, 0.25) is 0 Å². The van der Waals surface area contributed by atoms with Crippen molar-refractivity contribution in [3.8, 4) is 0 Å². The second kappa shape index (κ2) is 4.90. The number of hydrogen-bond acceptors (Lipinski definition) is 2. The quantitative estimate of drug-likeness (QED) is 0.902. The number of rotatable bonds is 4. The van der Waals surface area contributed by atoms with Gasteiger partial charge in [0, 0.05) is 18.9 Å². The second-order valence-electron chi connectivity index (χ2n) is 4.73. The number of nitrogens with zero attached hydrogens (tertiary/aromatic N) is 2. The van der Waals surface area contributed by atoms with Crippen LogP contribution >= 0.6 is 0 Å². The molecule has 0 amide bonds. The van der Waals surface area contributed by atoms with Crippen molar-refractivity contribution in [3.05, 3.63) is 53.6 Å². The van der Waals surface area contributed by atoms with E-state index in [1.807, 2.05) is 13.1 Å². The molecule has 0 saturated carbocycles. The minimum Gasteiger partial charge on any atom is -0.385 e. The Labute approximate surface area is 106 Å². The first kappa shape index (κ1) is 12.8. The standard InChI is InChI=1S/C14H17FN2O/c1-14(18,11-4-3-5-12(15)10-11)8-6-13-7-9-16-17(13)2/h3-5,7,9-10,18H,6,8H2,1-2H3. The van der Waals surface area contributed by atoms with Crippen LogP contribution in [-0.4, -0.2) is 14.9 Å². The molecule has 1 unspecified atom stereocenters. The van der Waals surface area contributed by atoms with E-state index in [1.165, 1.54) is 12.1 Å². The summed E-state index contributed by atoms with van der Waals surface area (Å²) < 4.78 is 14.9. The lowest BCUT2D eigenvalue weighted by molar-refractivity contribution is 0.0472. The maximum Gasteiger partial charge on any atom is 0.123 e. The van der Waals surface area contributed by atoms with Gasteiger partial charge in [-0.3, -0.25) is 4.68 Å². The molecule has 1 heterocycles. The monoisotopic (exact) mass is 248 g/mol. The molecule has 1 atom stereocenters. The zero-order valence-corrected chi connectivity index (χ0v) is 10.6. The summed E-state index contributed by atoms with van der Waals surface area (Å²) in [6.45, 7) is 1.71. The highest BCUT2D eigenvalue weighted by molar-refractivity contribution is 5.22. The Bertz CT molecular complexity index is 534. The predicted octanol–water partition coefficient (Wildman–Crippen LogP) is 2.40. The number of aromatic nitrogens is 2. The lowest BCUT2D eigenvalue weighted by Gasteiger charge is -2.23. The normalized spacial score (nSPS) is 14.4. The van der Waals surface area contributed by atoms with Crippen LogP contribution in [0, 0.1) is 5.82 Å². The van der Waals surface area contributed by atoms with E-state index in [-0.39, 0.29) is 5.82 Å². The first-order chi connectivity index (χ1) is 8.49. The van der Waals surface area contributed by atoms with Crippen molar-refractivity contribution in [1.82, 2.24) is 9.78 Å². The largest absolute Gasteiger partial charge is 0.385 e. The van der Waals surface area contributed by atoms with Crippen LogP contribution in [0.15, 0.2) is 36.5 Å². The molecule has 18 heavy (non-hydrogen) atoms. The van der Waals surface area contributed by atoms with Crippen molar-refractivity contribution in [2.75, 3.05) is 0 Å². The Morgan fingerprint density at radius 3 is 2.78 bits per heavy atom. The molecule has 0 aliphatic carbocycles. The SMILES string of the molecule is Cn1nccc1CCC(C)(O)c1cccc(F)c1. The van der Waals surface area contributed by atoms with Gasteiger partial charge in [0.2, 0.25) is 0 Å². The summed E-state index contributed by atoms with van der Waals surface area (Å²) in [5.41, 5.74) is 0.614. The molecule has 0 aliphatic heterocycles. The van der Waals surface area contributed by atoms with Crippen LogP contribution in [0.3, 0.4) is 0 Å². The van der Waals surface area contributed by atoms with E-state index in [9.17, 15) is 9.50 Å². The molecule has 0 spiro atoms. The van der Waals surface area contributed by atoms with Gasteiger partial charge in [0.25, 0.3) is 0 Å². The maximum absolute atomic E-state index is 13.2. The van der Waals surface area contributed by atoms with Gasteiger partial charge in [-0.25, -0.2) is 4.39 Å². The van der Waals surface area contributed by atoms with Gasteiger partial charge >= 0.3 is 0 Å². The van der Waals surface area contributed by atoms with E-state index in [0.717, 1.165) is 5.69 Å². The molecule has 1 aromatic carbocycles. The molecule has 2 aromatic rings. The maximum atomic E-state index is 13.2. The molecule has 4 heteroatoms. The van der Waals surface area contributed by atoms with Crippen molar-refractivity contribution in [1.29, 1.82) is 0 Å². The Hall–Kier alpha value is -1.68. The third-order valence-electron chi connectivity index (χ3n) is 3.24. The average Bonchev–Trinajstić information content (AvgIpc) is 2.72. The minimum atomic E-state index is -1.04. The molecule has 96 valence electrons. The molecule has 0 aliphatic rings. The summed E-state index contributed by atoms with van der Waals surface area (Å²) in [5, 5.41) is 14.5. The van der Waals surface area contributed by atoms with Crippen molar-refractivity contribution in [2.45, 2.75) is 25.4 Å². The van der Waals surface area contributed by atoms with Gasteiger partial charge in [0.1, 0.15) is 5.82 Å². The fourth-order valence-corrected chi connectivity index (χ4v) is 1.99. The summed E-state index contributed by atoms with van der Waals surface area (Å²) in [6.07, 6.45) is 2.95. The third-order valence-corrected chi connectivity index (χ3v) is 3.24. The zero-order valence-electron chi connectivity index (χ0n) is 10.6. The highest BCUT2D eigenvalue weighted by atomic mass is 19.1. The number of hydrogen-bond donors (Lipinski definition) is 1. The Morgan fingerprint density at radius 2 is 2.17 bits per heavy atom. The van der Waals surface area contributed by atoms with E-state index in [0.29, 0.717) is 18.4 Å². The molecular weight excluding hydrogens is 231 g/mol. The Kier molecular flexibility index (Phi) is 3.48. The van der Waals surface area contributed by atoms with Gasteiger partial charge in [-0.1, -0.05) is 12.1 Å². The lowest BCUT2D eigenvalue weighted by Crippen LogP contribution is -2.22. The van der Waals surface area contributed by atoms with Crippen molar-refractivity contribution >= 4 is 0 Å². The summed E-state index contributed by atoms with van der Waals surface area (Å²) in [6, 6.07) is 8.03. The van der Waals surface area contributed by atoms with Crippen LogP contribution in [0.1, 0.15) is 24.6 Å². The number of benzene rings is 1. The molecule has 2 rings (SSSR count). The third kappa shape index (κ3) is 2.76. The van der Waals surface area contributed by atoms with Crippen molar-refractivity contribution < 1.29 is 9.50 Å². The molecule has 0 radical (unpaired) electrons.